The molecule has 0 spiro atoms. The first-order valence-corrected chi connectivity index (χ1v) is 7.41. The molecule has 0 amide bonds. The van der Waals surface area contributed by atoms with E-state index >= 15 is 0 Å². The maximum absolute atomic E-state index is 2.64. The summed E-state index contributed by atoms with van der Waals surface area (Å²) in [7, 11) is 6.00. The summed E-state index contributed by atoms with van der Waals surface area (Å²) in [6.07, 6.45) is 8.09. The Morgan fingerprint density at radius 3 is 1.00 bits per heavy atom. The van der Waals surface area contributed by atoms with E-state index < -0.39 is 0 Å². The smallest absolute Gasteiger partial charge is 0.00188 e. The van der Waals surface area contributed by atoms with Crippen LogP contribution in [0.25, 0.3) is 0 Å². The highest BCUT2D eigenvalue weighted by Gasteiger charge is 2.01. The number of rotatable bonds is 9. The van der Waals surface area contributed by atoms with Gasteiger partial charge in [0, 0.05) is 0 Å². The molecule has 0 aliphatic rings. The molecule has 0 radical (unpaired) electrons. The van der Waals surface area contributed by atoms with Crippen molar-refractivity contribution in [2.45, 2.75) is 59.3 Å². The highest BCUT2D eigenvalue weighted by molar-refractivity contribution is 4.57. The molecule has 0 aliphatic heterocycles. The fourth-order valence-electron chi connectivity index (χ4n) is 1.48. The van der Waals surface area contributed by atoms with Gasteiger partial charge in [0.25, 0.3) is 0 Å². The zero-order valence-corrected chi connectivity index (χ0v) is 13.3. The fourth-order valence-corrected chi connectivity index (χ4v) is 1.48. The second-order valence-electron chi connectivity index (χ2n) is 5.24. The lowest BCUT2D eigenvalue weighted by Gasteiger charge is -2.21. The maximum Gasteiger partial charge on any atom is -0.00188 e. The second-order valence-corrected chi connectivity index (χ2v) is 5.24. The molecule has 0 fully saturated rings. The van der Waals surface area contributed by atoms with Gasteiger partial charge in [0.2, 0.25) is 0 Å². The van der Waals surface area contributed by atoms with Crippen LogP contribution in [-0.2, 0) is 0 Å². The zero-order chi connectivity index (χ0) is 13.5. The molecule has 0 saturated carbocycles. The molecule has 17 heavy (non-hydrogen) atoms. The van der Waals surface area contributed by atoms with E-state index in [1.54, 1.807) is 0 Å². The van der Waals surface area contributed by atoms with Crippen LogP contribution in [0.2, 0.25) is 0 Å². The standard InChI is InChI=1S/C12H27N.C3H9N/c1-4-7-10-13(11-8-5-2)12-9-6-3;1-4(2)3/h4-12H2,1-3H3;1-3H3. The minimum absolute atomic E-state index is 1.32. The first-order chi connectivity index (χ1) is 8.08. The van der Waals surface area contributed by atoms with Crippen molar-refractivity contribution in [3.63, 3.8) is 0 Å². The van der Waals surface area contributed by atoms with E-state index in [9.17, 15) is 0 Å². The molecule has 0 saturated heterocycles. The van der Waals surface area contributed by atoms with Crippen molar-refractivity contribution in [3.8, 4) is 0 Å². The van der Waals surface area contributed by atoms with Crippen LogP contribution in [0.15, 0.2) is 0 Å². The van der Waals surface area contributed by atoms with Gasteiger partial charge in [-0.25, -0.2) is 0 Å². The van der Waals surface area contributed by atoms with Crippen LogP contribution in [0.4, 0.5) is 0 Å². The van der Waals surface area contributed by atoms with Gasteiger partial charge in [0.15, 0.2) is 0 Å². The SMILES string of the molecule is CCCCN(CCCC)CCCC.CN(C)C. The van der Waals surface area contributed by atoms with E-state index in [1.165, 1.54) is 58.2 Å². The number of unbranched alkanes of at least 4 members (excludes halogenated alkanes) is 3. The highest BCUT2D eigenvalue weighted by Crippen LogP contribution is 2.01. The minimum atomic E-state index is 1.32. The van der Waals surface area contributed by atoms with Crippen LogP contribution in [0.5, 0.6) is 0 Å². The summed E-state index contributed by atoms with van der Waals surface area (Å²) in [5.74, 6) is 0. The van der Waals surface area contributed by atoms with E-state index in [4.69, 9.17) is 0 Å². The van der Waals surface area contributed by atoms with E-state index in [1.807, 2.05) is 26.0 Å². The Hall–Kier alpha value is -0.0800. The minimum Gasteiger partial charge on any atom is -0.312 e. The summed E-state index contributed by atoms with van der Waals surface area (Å²) < 4.78 is 0. The Morgan fingerprint density at radius 2 is 0.824 bits per heavy atom. The van der Waals surface area contributed by atoms with Crippen molar-refractivity contribution in [1.29, 1.82) is 0 Å². The molecule has 106 valence electrons. The Labute approximate surface area is 110 Å². The third-order valence-corrected chi connectivity index (χ3v) is 2.48. The molecule has 0 aliphatic carbocycles. The van der Waals surface area contributed by atoms with Gasteiger partial charge in [0.1, 0.15) is 0 Å². The monoisotopic (exact) mass is 244 g/mol. The van der Waals surface area contributed by atoms with Gasteiger partial charge in [-0.3, -0.25) is 0 Å². The van der Waals surface area contributed by atoms with E-state index in [0.29, 0.717) is 0 Å². The maximum atomic E-state index is 2.64. The second kappa shape index (κ2) is 15.9. The molecule has 0 rings (SSSR count). The summed E-state index contributed by atoms with van der Waals surface area (Å²) in [5, 5.41) is 0. The normalized spacial score (nSPS) is 10.6. The molecule has 2 heteroatoms. The van der Waals surface area contributed by atoms with Crippen LogP contribution >= 0.6 is 0 Å². The quantitative estimate of drug-likeness (QED) is 0.607. The van der Waals surface area contributed by atoms with Crippen molar-refractivity contribution in [2.75, 3.05) is 40.8 Å². The zero-order valence-electron chi connectivity index (χ0n) is 13.3. The molecule has 0 aromatic carbocycles. The number of nitrogens with zero attached hydrogens (tertiary/aromatic N) is 2. The largest absolute Gasteiger partial charge is 0.312 e. The van der Waals surface area contributed by atoms with Crippen molar-refractivity contribution in [3.05, 3.63) is 0 Å². The van der Waals surface area contributed by atoms with E-state index in [2.05, 4.69) is 25.7 Å². The Morgan fingerprint density at radius 1 is 0.588 bits per heavy atom. The van der Waals surface area contributed by atoms with Gasteiger partial charge < -0.3 is 9.80 Å². The average molecular weight is 244 g/mol. The van der Waals surface area contributed by atoms with E-state index in [-0.39, 0.29) is 0 Å². The summed E-state index contributed by atoms with van der Waals surface area (Å²) in [6.45, 7) is 10.8. The van der Waals surface area contributed by atoms with Crippen molar-refractivity contribution >= 4 is 0 Å². The predicted octanol–water partition coefficient (Wildman–Crippen LogP) is 3.87. The van der Waals surface area contributed by atoms with Gasteiger partial charge >= 0.3 is 0 Å². The predicted molar refractivity (Wildman–Crippen MR) is 80.8 cm³/mol. The van der Waals surface area contributed by atoms with Crippen LogP contribution in [0, 0.1) is 0 Å². The van der Waals surface area contributed by atoms with Crippen molar-refractivity contribution in [1.82, 2.24) is 9.80 Å². The third kappa shape index (κ3) is 21.7. The molecule has 0 heterocycles. The number of hydrogen-bond acceptors (Lipinski definition) is 2. The summed E-state index contributed by atoms with van der Waals surface area (Å²) in [6, 6.07) is 0. The molecule has 0 aromatic rings. The first-order valence-electron chi connectivity index (χ1n) is 7.41. The van der Waals surface area contributed by atoms with Crippen LogP contribution in [-0.4, -0.2) is 50.6 Å². The lowest BCUT2D eigenvalue weighted by molar-refractivity contribution is 0.261. The fraction of sp³-hybridized carbons (Fsp3) is 1.00. The molecule has 0 bridgehead atoms. The van der Waals surface area contributed by atoms with Crippen LogP contribution < -0.4 is 0 Å². The van der Waals surface area contributed by atoms with Gasteiger partial charge in [-0.05, 0) is 60.0 Å². The lowest BCUT2D eigenvalue weighted by atomic mass is 10.2. The van der Waals surface area contributed by atoms with E-state index in [0.717, 1.165) is 0 Å². The molecule has 0 atom stereocenters. The average Bonchev–Trinajstić information content (AvgIpc) is 2.27. The molecular formula is C15H36N2. The molecule has 0 aromatic heterocycles. The molecule has 2 nitrogen and oxygen atoms in total. The third-order valence-electron chi connectivity index (χ3n) is 2.48. The Bertz CT molecular complexity index is 102. The highest BCUT2D eigenvalue weighted by atomic mass is 15.1. The lowest BCUT2D eigenvalue weighted by Crippen LogP contribution is -2.27. The van der Waals surface area contributed by atoms with Crippen molar-refractivity contribution in [2.24, 2.45) is 0 Å². The summed E-state index contributed by atoms with van der Waals surface area (Å²) in [4.78, 5) is 4.64. The Kier molecular flexibility index (Phi) is 18.0. The number of hydrogen-bond donors (Lipinski definition) is 0. The molecular weight excluding hydrogens is 208 g/mol. The summed E-state index contributed by atoms with van der Waals surface area (Å²) in [5.41, 5.74) is 0. The van der Waals surface area contributed by atoms with Gasteiger partial charge in [0.05, 0.1) is 0 Å². The molecule has 0 unspecified atom stereocenters. The molecule has 0 N–H and O–H groups in total. The first kappa shape index (κ1) is 19.3. The van der Waals surface area contributed by atoms with Gasteiger partial charge in [-0.1, -0.05) is 40.0 Å². The summed E-state index contributed by atoms with van der Waals surface area (Å²) >= 11 is 0. The van der Waals surface area contributed by atoms with Crippen LogP contribution in [0.3, 0.4) is 0 Å². The van der Waals surface area contributed by atoms with Crippen LogP contribution in [0.1, 0.15) is 59.3 Å². The van der Waals surface area contributed by atoms with Gasteiger partial charge in [-0.2, -0.15) is 0 Å². The van der Waals surface area contributed by atoms with Crippen molar-refractivity contribution < 1.29 is 0 Å². The Balaban J connectivity index is 0. The topological polar surface area (TPSA) is 6.48 Å². The van der Waals surface area contributed by atoms with Gasteiger partial charge in [-0.15, -0.1) is 0 Å².